The van der Waals surface area contributed by atoms with Crippen LogP contribution in [-0.4, -0.2) is 50.8 Å². The number of likely N-dealkylation sites (tertiary alicyclic amines) is 1. The summed E-state index contributed by atoms with van der Waals surface area (Å²) in [5.74, 6) is 1.66. The molecule has 1 aromatic rings. The van der Waals surface area contributed by atoms with Gasteiger partial charge in [0.05, 0.1) is 6.61 Å². The molecule has 3 atom stereocenters. The zero-order valence-corrected chi connectivity index (χ0v) is 12.9. The number of nitrogens with zero attached hydrogens (tertiary/aromatic N) is 2. The summed E-state index contributed by atoms with van der Waals surface area (Å²) >= 11 is 0. The minimum Gasteiger partial charge on any atom is -0.383 e. The monoisotopic (exact) mass is 274 g/mol. The Hall–Kier alpha value is -1.06. The number of hydrogen-bond donors (Lipinski definition) is 0. The SMILES string of the molecule is COCC(C)N1CC2CN(c3cccc(C)c3)CC2C1. The molecule has 2 fully saturated rings. The number of hydrogen-bond acceptors (Lipinski definition) is 3. The second-order valence-electron chi connectivity index (χ2n) is 6.52. The van der Waals surface area contributed by atoms with Crippen LogP contribution in [0.5, 0.6) is 0 Å². The Bertz CT molecular complexity index is 448. The Morgan fingerprint density at radius 3 is 2.50 bits per heavy atom. The van der Waals surface area contributed by atoms with Gasteiger partial charge in [-0.3, -0.25) is 4.90 Å². The molecule has 0 bridgehead atoms. The first kappa shape index (κ1) is 13.9. The van der Waals surface area contributed by atoms with E-state index in [2.05, 4.69) is 47.9 Å². The topological polar surface area (TPSA) is 15.7 Å². The van der Waals surface area contributed by atoms with Crippen LogP contribution in [0.15, 0.2) is 24.3 Å². The van der Waals surface area contributed by atoms with Crippen LogP contribution in [0.4, 0.5) is 5.69 Å². The molecule has 3 nitrogen and oxygen atoms in total. The van der Waals surface area contributed by atoms with Crippen LogP contribution in [0.3, 0.4) is 0 Å². The molecule has 0 aliphatic carbocycles. The summed E-state index contributed by atoms with van der Waals surface area (Å²) < 4.78 is 5.29. The van der Waals surface area contributed by atoms with E-state index >= 15 is 0 Å². The quantitative estimate of drug-likeness (QED) is 0.838. The molecule has 0 spiro atoms. The lowest BCUT2D eigenvalue weighted by Gasteiger charge is -2.27. The first-order chi connectivity index (χ1) is 9.67. The molecule has 0 N–H and O–H groups in total. The predicted molar refractivity (Wildman–Crippen MR) is 83.3 cm³/mol. The average molecular weight is 274 g/mol. The number of anilines is 1. The molecule has 20 heavy (non-hydrogen) atoms. The van der Waals surface area contributed by atoms with Crippen LogP contribution >= 0.6 is 0 Å². The smallest absolute Gasteiger partial charge is 0.0615 e. The van der Waals surface area contributed by atoms with E-state index in [-0.39, 0.29) is 0 Å². The maximum Gasteiger partial charge on any atom is 0.0615 e. The maximum absolute atomic E-state index is 5.29. The average Bonchev–Trinajstić information content (AvgIpc) is 2.97. The normalized spacial score (nSPS) is 27.9. The summed E-state index contributed by atoms with van der Waals surface area (Å²) in [6, 6.07) is 9.46. The van der Waals surface area contributed by atoms with Gasteiger partial charge in [0.1, 0.15) is 0 Å². The Balaban J connectivity index is 1.61. The highest BCUT2D eigenvalue weighted by atomic mass is 16.5. The summed E-state index contributed by atoms with van der Waals surface area (Å²) in [4.78, 5) is 5.17. The summed E-state index contributed by atoms with van der Waals surface area (Å²) in [5.41, 5.74) is 2.76. The van der Waals surface area contributed by atoms with Crippen LogP contribution in [0.2, 0.25) is 0 Å². The fourth-order valence-electron chi connectivity index (χ4n) is 3.77. The molecule has 3 heteroatoms. The molecule has 0 saturated carbocycles. The van der Waals surface area contributed by atoms with Crippen molar-refractivity contribution in [2.75, 3.05) is 44.8 Å². The van der Waals surface area contributed by atoms with Crippen LogP contribution in [-0.2, 0) is 4.74 Å². The molecule has 2 saturated heterocycles. The first-order valence-electron chi connectivity index (χ1n) is 7.72. The van der Waals surface area contributed by atoms with E-state index in [0.717, 1.165) is 18.4 Å². The van der Waals surface area contributed by atoms with Crippen LogP contribution in [0.1, 0.15) is 12.5 Å². The van der Waals surface area contributed by atoms with Crippen molar-refractivity contribution < 1.29 is 4.74 Å². The van der Waals surface area contributed by atoms with Crippen molar-refractivity contribution in [1.82, 2.24) is 4.90 Å². The molecule has 0 radical (unpaired) electrons. The molecule has 2 aliphatic rings. The highest BCUT2D eigenvalue weighted by molar-refractivity contribution is 5.49. The van der Waals surface area contributed by atoms with Crippen LogP contribution < -0.4 is 4.90 Å². The summed E-state index contributed by atoms with van der Waals surface area (Å²) in [6.45, 7) is 10.2. The van der Waals surface area contributed by atoms with Gasteiger partial charge in [-0.25, -0.2) is 0 Å². The minimum atomic E-state index is 0.554. The molecule has 0 aromatic heterocycles. The van der Waals surface area contributed by atoms with Gasteiger partial charge >= 0.3 is 0 Å². The maximum atomic E-state index is 5.29. The number of benzene rings is 1. The van der Waals surface area contributed by atoms with Crippen molar-refractivity contribution in [3.8, 4) is 0 Å². The van der Waals surface area contributed by atoms with Crippen molar-refractivity contribution in [3.63, 3.8) is 0 Å². The standard InChI is InChI=1S/C17H26N2O/c1-13-5-4-6-17(7-13)19-10-15-8-18(9-16(15)11-19)14(2)12-20-3/h4-7,14-16H,8-12H2,1-3H3. The molecule has 3 rings (SSSR count). The van der Waals surface area contributed by atoms with Gasteiger partial charge in [0.15, 0.2) is 0 Å². The summed E-state index contributed by atoms with van der Waals surface area (Å²) in [5, 5.41) is 0. The zero-order chi connectivity index (χ0) is 14.1. The van der Waals surface area contributed by atoms with Gasteiger partial charge in [-0.1, -0.05) is 12.1 Å². The molecule has 110 valence electrons. The van der Waals surface area contributed by atoms with Crippen molar-refractivity contribution >= 4 is 5.69 Å². The molecule has 2 heterocycles. The highest BCUT2D eigenvalue weighted by Crippen LogP contribution is 2.34. The predicted octanol–water partition coefficient (Wildman–Crippen LogP) is 2.40. The van der Waals surface area contributed by atoms with Gasteiger partial charge < -0.3 is 9.64 Å². The van der Waals surface area contributed by atoms with Crippen molar-refractivity contribution in [2.24, 2.45) is 11.8 Å². The van der Waals surface area contributed by atoms with E-state index in [9.17, 15) is 0 Å². The van der Waals surface area contributed by atoms with Crippen LogP contribution in [0.25, 0.3) is 0 Å². The second-order valence-corrected chi connectivity index (χ2v) is 6.52. The second kappa shape index (κ2) is 5.74. The molecule has 3 unspecified atom stereocenters. The van der Waals surface area contributed by atoms with E-state index < -0.39 is 0 Å². The third-order valence-electron chi connectivity index (χ3n) is 4.91. The van der Waals surface area contributed by atoms with Gasteiger partial charge in [-0.15, -0.1) is 0 Å². The number of ether oxygens (including phenoxy) is 1. The van der Waals surface area contributed by atoms with E-state index in [1.54, 1.807) is 7.11 Å². The number of aryl methyl sites for hydroxylation is 1. The largest absolute Gasteiger partial charge is 0.383 e. The van der Waals surface area contributed by atoms with Gasteiger partial charge in [0, 0.05) is 45.0 Å². The van der Waals surface area contributed by atoms with E-state index in [1.165, 1.54) is 37.4 Å². The lowest BCUT2D eigenvalue weighted by atomic mass is 10.0. The zero-order valence-electron chi connectivity index (χ0n) is 12.9. The van der Waals surface area contributed by atoms with Crippen LogP contribution in [0, 0.1) is 18.8 Å². The third kappa shape index (κ3) is 2.70. The summed E-state index contributed by atoms with van der Waals surface area (Å²) in [6.07, 6.45) is 0. The van der Waals surface area contributed by atoms with Gasteiger partial charge in [-0.05, 0) is 43.4 Å². The Labute approximate surface area is 122 Å². The van der Waals surface area contributed by atoms with Gasteiger partial charge in [-0.2, -0.15) is 0 Å². The molecule has 1 aromatic carbocycles. The fourth-order valence-corrected chi connectivity index (χ4v) is 3.77. The highest BCUT2D eigenvalue weighted by Gasteiger charge is 2.41. The Morgan fingerprint density at radius 2 is 1.90 bits per heavy atom. The fraction of sp³-hybridized carbons (Fsp3) is 0.647. The van der Waals surface area contributed by atoms with Gasteiger partial charge in [0.2, 0.25) is 0 Å². The molecule has 2 aliphatic heterocycles. The van der Waals surface area contributed by atoms with Crippen molar-refractivity contribution in [3.05, 3.63) is 29.8 Å². The molecular formula is C17H26N2O. The Kier molecular flexibility index (Phi) is 3.99. The van der Waals surface area contributed by atoms with Crippen molar-refractivity contribution in [2.45, 2.75) is 19.9 Å². The molecule has 0 amide bonds. The van der Waals surface area contributed by atoms with Crippen molar-refractivity contribution in [1.29, 1.82) is 0 Å². The van der Waals surface area contributed by atoms with E-state index in [0.29, 0.717) is 6.04 Å². The first-order valence-corrected chi connectivity index (χ1v) is 7.72. The number of methoxy groups -OCH3 is 1. The third-order valence-corrected chi connectivity index (χ3v) is 4.91. The molecular weight excluding hydrogens is 248 g/mol. The lowest BCUT2D eigenvalue weighted by molar-refractivity contribution is 0.110. The Morgan fingerprint density at radius 1 is 1.20 bits per heavy atom. The van der Waals surface area contributed by atoms with E-state index in [1.807, 2.05) is 0 Å². The van der Waals surface area contributed by atoms with Gasteiger partial charge in [0.25, 0.3) is 0 Å². The number of fused-ring (bicyclic) bond motifs is 1. The van der Waals surface area contributed by atoms with E-state index in [4.69, 9.17) is 4.74 Å². The summed E-state index contributed by atoms with van der Waals surface area (Å²) in [7, 11) is 1.80. The lowest BCUT2D eigenvalue weighted by Crippen LogP contribution is -2.37. The number of rotatable bonds is 4. The minimum absolute atomic E-state index is 0.554.